The SMILES string of the molecule is CC=C(C=CCC)CC(=O)N1CCCC1c1ncc(-c2ncc(-c3cnc(-c4cnc(C5CCCN5C(=O)Cc5ccccc5)[nH]4)s3)s2)[nH]1. The number of hydrogen-bond acceptors (Lipinski definition) is 8. The Balaban J connectivity index is 1.01. The molecule has 5 aromatic rings. The maximum Gasteiger partial charge on any atom is 0.227 e. The van der Waals surface area contributed by atoms with Crippen LogP contribution in [0.1, 0.15) is 81.7 Å². The summed E-state index contributed by atoms with van der Waals surface area (Å²) in [5.74, 6) is 1.87. The molecule has 0 bridgehead atoms. The van der Waals surface area contributed by atoms with Crippen molar-refractivity contribution in [2.45, 2.75) is 70.9 Å². The highest BCUT2D eigenvalue weighted by atomic mass is 32.1. The lowest BCUT2D eigenvalue weighted by molar-refractivity contribution is -0.132. The number of likely N-dealkylation sites (tertiary alicyclic amines) is 2. The van der Waals surface area contributed by atoms with Crippen LogP contribution >= 0.6 is 22.7 Å². The van der Waals surface area contributed by atoms with E-state index in [1.807, 2.05) is 84.0 Å². The van der Waals surface area contributed by atoms with Gasteiger partial charge in [-0.3, -0.25) is 9.59 Å². The second-order valence-electron chi connectivity index (χ2n) is 12.4. The second-order valence-corrected chi connectivity index (χ2v) is 14.5. The van der Waals surface area contributed by atoms with Crippen LogP contribution in [0.5, 0.6) is 0 Å². The molecule has 2 unspecified atom stereocenters. The van der Waals surface area contributed by atoms with Crippen molar-refractivity contribution in [3.63, 3.8) is 0 Å². The highest BCUT2D eigenvalue weighted by molar-refractivity contribution is 7.24. The van der Waals surface area contributed by atoms with E-state index >= 15 is 0 Å². The van der Waals surface area contributed by atoms with Crippen LogP contribution in [0.25, 0.3) is 31.2 Å². The minimum absolute atomic E-state index is 0.0595. The minimum Gasteiger partial charge on any atom is -0.338 e. The van der Waals surface area contributed by atoms with Gasteiger partial charge in [0.1, 0.15) is 21.7 Å². The molecule has 2 fully saturated rings. The average Bonchev–Trinajstić information content (AvgIpc) is 3.96. The van der Waals surface area contributed by atoms with Crippen molar-refractivity contribution in [1.29, 1.82) is 0 Å². The number of aromatic nitrogens is 6. The molecule has 10 nitrogen and oxygen atoms in total. The number of hydrogen-bond donors (Lipinski definition) is 2. The molecule has 2 aliphatic heterocycles. The zero-order valence-corrected chi connectivity index (χ0v) is 29.4. The van der Waals surface area contributed by atoms with Gasteiger partial charge < -0.3 is 19.8 Å². The van der Waals surface area contributed by atoms with Crippen LogP contribution in [0.15, 0.2) is 78.9 Å². The van der Waals surface area contributed by atoms with E-state index in [4.69, 9.17) is 15.0 Å². The van der Waals surface area contributed by atoms with E-state index in [0.717, 1.165) is 99.1 Å². The van der Waals surface area contributed by atoms with Gasteiger partial charge in [0.25, 0.3) is 0 Å². The molecule has 252 valence electrons. The fraction of sp³-hybridized carbons (Fsp3) is 0.351. The highest BCUT2D eigenvalue weighted by Crippen LogP contribution is 2.39. The number of aromatic amines is 2. The van der Waals surface area contributed by atoms with Gasteiger partial charge in [0, 0.05) is 25.5 Å². The molecule has 2 atom stereocenters. The summed E-state index contributed by atoms with van der Waals surface area (Å²) in [6.07, 6.45) is 19.0. The van der Waals surface area contributed by atoms with Gasteiger partial charge >= 0.3 is 0 Å². The zero-order valence-electron chi connectivity index (χ0n) is 27.8. The molecule has 6 heterocycles. The Morgan fingerprint density at radius 2 is 1.39 bits per heavy atom. The number of allylic oxidation sites excluding steroid dienone is 3. The van der Waals surface area contributed by atoms with E-state index in [0.29, 0.717) is 12.8 Å². The number of rotatable bonds is 11. The van der Waals surface area contributed by atoms with E-state index in [9.17, 15) is 9.59 Å². The molecule has 0 spiro atoms. The van der Waals surface area contributed by atoms with Crippen LogP contribution in [0.2, 0.25) is 0 Å². The maximum absolute atomic E-state index is 13.2. The Kier molecular flexibility index (Phi) is 9.94. The molecule has 2 saturated heterocycles. The number of nitrogens with one attached hydrogen (secondary N) is 2. The molecule has 49 heavy (non-hydrogen) atoms. The van der Waals surface area contributed by atoms with E-state index in [1.165, 1.54) is 0 Å². The molecule has 0 aliphatic carbocycles. The third-order valence-electron chi connectivity index (χ3n) is 9.18. The number of amides is 2. The standard InChI is InChI=1S/C37H40N8O2S2/c1-3-5-11-24(4-2)18-32(46)44-16-9-14-28(44)34-38-20-26(42-34)36-40-22-30(48-36)31-23-41-37(49-31)27-21-39-35(43-27)29-15-10-17-45(29)33(47)19-25-12-7-6-8-13-25/h4-8,11-13,20-23,28-29H,3,9-10,14-19H2,1-2H3,(H,38,42)(H,39,43). The quantitative estimate of drug-likeness (QED) is 0.136. The number of H-pyrrole nitrogens is 2. The predicted octanol–water partition coefficient (Wildman–Crippen LogP) is 7.92. The summed E-state index contributed by atoms with van der Waals surface area (Å²) in [6, 6.07) is 9.77. The first-order valence-corrected chi connectivity index (χ1v) is 18.6. The number of carbonyl (C=O) groups excluding carboxylic acids is 2. The molecule has 1 aromatic carbocycles. The van der Waals surface area contributed by atoms with Gasteiger partial charge in [0.15, 0.2) is 0 Å². The lowest BCUT2D eigenvalue weighted by Gasteiger charge is -2.23. The second kappa shape index (κ2) is 14.8. The maximum atomic E-state index is 13.2. The Bertz CT molecular complexity index is 1970. The predicted molar refractivity (Wildman–Crippen MR) is 194 cm³/mol. The molecule has 2 N–H and O–H groups in total. The van der Waals surface area contributed by atoms with Gasteiger partial charge in [-0.15, -0.1) is 22.7 Å². The van der Waals surface area contributed by atoms with Crippen molar-refractivity contribution in [2.24, 2.45) is 0 Å². The van der Waals surface area contributed by atoms with Crippen LogP contribution < -0.4 is 0 Å². The summed E-state index contributed by atoms with van der Waals surface area (Å²) >= 11 is 3.16. The summed E-state index contributed by atoms with van der Waals surface area (Å²) in [7, 11) is 0. The fourth-order valence-corrected chi connectivity index (χ4v) is 8.45. The van der Waals surface area contributed by atoms with Gasteiger partial charge in [0.05, 0.1) is 58.5 Å². The molecular weight excluding hydrogens is 653 g/mol. The summed E-state index contributed by atoms with van der Waals surface area (Å²) in [5, 5.41) is 1.68. The zero-order chi connectivity index (χ0) is 33.7. The summed E-state index contributed by atoms with van der Waals surface area (Å²) in [5.41, 5.74) is 3.75. The lowest BCUT2D eigenvalue weighted by atomic mass is 10.1. The van der Waals surface area contributed by atoms with Crippen molar-refractivity contribution in [3.05, 3.63) is 96.1 Å². The normalized spacial score (nSPS) is 18.3. The number of thiazole rings is 2. The van der Waals surface area contributed by atoms with Crippen LogP contribution in [-0.4, -0.2) is 64.6 Å². The molecule has 12 heteroatoms. The third-order valence-corrected chi connectivity index (χ3v) is 11.4. The molecule has 2 amide bonds. The van der Waals surface area contributed by atoms with E-state index in [2.05, 4.69) is 28.0 Å². The van der Waals surface area contributed by atoms with Crippen LogP contribution in [0, 0.1) is 0 Å². The smallest absolute Gasteiger partial charge is 0.227 e. The summed E-state index contributed by atoms with van der Waals surface area (Å²) in [6.45, 7) is 5.56. The number of benzene rings is 1. The average molecular weight is 693 g/mol. The highest BCUT2D eigenvalue weighted by Gasteiger charge is 2.33. The Hall–Kier alpha value is -4.68. The van der Waals surface area contributed by atoms with Gasteiger partial charge in [0.2, 0.25) is 11.8 Å². The van der Waals surface area contributed by atoms with Crippen molar-refractivity contribution in [2.75, 3.05) is 13.1 Å². The van der Waals surface area contributed by atoms with Gasteiger partial charge in [-0.1, -0.05) is 55.5 Å². The van der Waals surface area contributed by atoms with E-state index < -0.39 is 0 Å². The first-order chi connectivity index (χ1) is 24.0. The minimum atomic E-state index is -0.0596. The molecule has 4 aromatic heterocycles. The van der Waals surface area contributed by atoms with Gasteiger partial charge in [-0.2, -0.15) is 0 Å². The molecule has 0 radical (unpaired) electrons. The van der Waals surface area contributed by atoms with Crippen molar-refractivity contribution in [3.8, 4) is 31.2 Å². The van der Waals surface area contributed by atoms with Crippen molar-refractivity contribution in [1.82, 2.24) is 39.7 Å². The number of nitrogens with zero attached hydrogens (tertiary/aromatic N) is 6. The first-order valence-electron chi connectivity index (χ1n) is 17.0. The molecule has 7 rings (SSSR count). The van der Waals surface area contributed by atoms with Crippen LogP contribution in [0.4, 0.5) is 0 Å². The van der Waals surface area contributed by atoms with Gasteiger partial charge in [-0.05, 0) is 50.2 Å². The van der Waals surface area contributed by atoms with Crippen molar-refractivity contribution < 1.29 is 9.59 Å². The molecular formula is C37H40N8O2S2. The molecule has 2 aliphatic rings. The monoisotopic (exact) mass is 692 g/mol. The van der Waals surface area contributed by atoms with Gasteiger partial charge in [-0.25, -0.2) is 19.9 Å². The van der Waals surface area contributed by atoms with E-state index in [-0.39, 0.29) is 23.9 Å². The fourth-order valence-electron chi connectivity index (χ4n) is 6.63. The number of imidazole rings is 2. The lowest BCUT2D eigenvalue weighted by Crippen LogP contribution is -2.32. The third kappa shape index (κ3) is 7.20. The Labute approximate surface area is 294 Å². The Morgan fingerprint density at radius 3 is 1.94 bits per heavy atom. The van der Waals surface area contributed by atoms with Crippen LogP contribution in [0.3, 0.4) is 0 Å². The van der Waals surface area contributed by atoms with Crippen LogP contribution in [-0.2, 0) is 16.0 Å². The number of carbonyl (C=O) groups is 2. The summed E-state index contributed by atoms with van der Waals surface area (Å²) < 4.78 is 0. The first kappa shape index (κ1) is 32.8. The topological polar surface area (TPSA) is 124 Å². The largest absolute Gasteiger partial charge is 0.338 e. The van der Waals surface area contributed by atoms with Crippen molar-refractivity contribution >= 4 is 34.5 Å². The van der Waals surface area contributed by atoms with E-state index in [1.54, 1.807) is 22.7 Å². The summed E-state index contributed by atoms with van der Waals surface area (Å²) in [4.78, 5) is 58.1. The Morgan fingerprint density at radius 1 is 0.816 bits per heavy atom. The molecule has 0 saturated carbocycles.